The van der Waals surface area contributed by atoms with E-state index in [1.54, 1.807) is 29.7 Å². The van der Waals surface area contributed by atoms with Crippen molar-refractivity contribution in [3.63, 3.8) is 0 Å². The van der Waals surface area contributed by atoms with Crippen LogP contribution in [0.25, 0.3) is 5.69 Å². The van der Waals surface area contributed by atoms with Crippen molar-refractivity contribution in [2.45, 2.75) is 6.92 Å². The summed E-state index contributed by atoms with van der Waals surface area (Å²) in [4.78, 5) is 11.6. The molecule has 0 fully saturated rings. The van der Waals surface area contributed by atoms with Gasteiger partial charge in [0.15, 0.2) is 0 Å². The number of carbonyl (C=O) groups is 1. The molecule has 6 heteroatoms. The molecule has 88 valence electrons. The number of rotatable bonds is 3. The van der Waals surface area contributed by atoms with Crippen molar-refractivity contribution in [3.05, 3.63) is 41.4 Å². The van der Waals surface area contributed by atoms with Gasteiger partial charge in [-0.3, -0.25) is 4.57 Å². The summed E-state index contributed by atoms with van der Waals surface area (Å²) in [7, 11) is 0. The summed E-state index contributed by atoms with van der Waals surface area (Å²) in [6.07, 6.45) is 3.08. The second-order valence-electron chi connectivity index (χ2n) is 3.25. The van der Waals surface area contributed by atoms with Crippen LogP contribution < -0.4 is 0 Å². The van der Waals surface area contributed by atoms with E-state index in [9.17, 15) is 4.79 Å². The Labute approximate surface area is 103 Å². The Bertz CT molecular complexity index is 526. The van der Waals surface area contributed by atoms with E-state index in [0.717, 1.165) is 5.69 Å². The second kappa shape index (κ2) is 4.97. The van der Waals surface area contributed by atoms with E-state index < -0.39 is 5.97 Å². The fourth-order valence-corrected chi connectivity index (χ4v) is 1.57. The summed E-state index contributed by atoms with van der Waals surface area (Å²) in [6, 6.07) is 5.06. The van der Waals surface area contributed by atoms with Crippen molar-refractivity contribution in [2.24, 2.45) is 0 Å². The minimum Gasteiger partial charge on any atom is -0.462 e. The number of carbonyl (C=O) groups excluding carboxylic acids is 1. The summed E-state index contributed by atoms with van der Waals surface area (Å²) in [5.74, 6) is -0.438. The zero-order chi connectivity index (χ0) is 12.3. The van der Waals surface area contributed by atoms with Gasteiger partial charge in [-0.1, -0.05) is 11.6 Å². The zero-order valence-corrected chi connectivity index (χ0v) is 9.89. The summed E-state index contributed by atoms with van der Waals surface area (Å²) in [6.45, 7) is 2.06. The molecule has 0 aliphatic rings. The Kier molecular flexibility index (Phi) is 3.39. The highest BCUT2D eigenvalue weighted by Crippen LogP contribution is 2.20. The van der Waals surface area contributed by atoms with Gasteiger partial charge in [-0.25, -0.2) is 4.79 Å². The van der Waals surface area contributed by atoms with Crippen LogP contribution >= 0.6 is 11.6 Å². The summed E-state index contributed by atoms with van der Waals surface area (Å²) in [5, 5.41) is 7.75. The molecule has 17 heavy (non-hydrogen) atoms. The van der Waals surface area contributed by atoms with Crippen molar-refractivity contribution >= 4 is 17.6 Å². The summed E-state index contributed by atoms with van der Waals surface area (Å²) in [5.41, 5.74) is 1.09. The van der Waals surface area contributed by atoms with Crippen LogP contribution in [0.4, 0.5) is 0 Å². The Balaban J connectivity index is 2.39. The molecule has 0 unspecified atom stereocenters. The predicted octanol–water partition coefficient (Wildman–Crippen LogP) is 2.10. The van der Waals surface area contributed by atoms with Crippen LogP contribution in [-0.2, 0) is 4.74 Å². The molecule has 0 spiro atoms. The second-order valence-corrected chi connectivity index (χ2v) is 3.66. The lowest BCUT2D eigenvalue weighted by Gasteiger charge is -2.07. The normalized spacial score (nSPS) is 10.2. The average Bonchev–Trinajstić information content (AvgIpc) is 2.83. The number of nitrogens with zero attached hydrogens (tertiary/aromatic N) is 3. The molecule has 0 amide bonds. The Morgan fingerprint density at radius 3 is 2.76 bits per heavy atom. The zero-order valence-electron chi connectivity index (χ0n) is 9.13. The van der Waals surface area contributed by atoms with Gasteiger partial charge in [0.1, 0.15) is 12.7 Å². The first-order chi connectivity index (χ1) is 8.22. The van der Waals surface area contributed by atoms with Gasteiger partial charge >= 0.3 is 5.97 Å². The molecule has 0 saturated carbocycles. The number of benzene rings is 1. The van der Waals surface area contributed by atoms with Crippen LogP contribution in [-0.4, -0.2) is 27.3 Å². The highest BCUT2D eigenvalue weighted by atomic mass is 35.5. The van der Waals surface area contributed by atoms with Crippen LogP contribution in [0.3, 0.4) is 0 Å². The van der Waals surface area contributed by atoms with E-state index in [-0.39, 0.29) is 0 Å². The third-order valence-electron chi connectivity index (χ3n) is 2.16. The molecule has 1 aromatic carbocycles. The number of ether oxygens (including phenoxy) is 1. The van der Waals surface area contributed by atoms with Gasteiger partial charge in [0.2, 0.25) is 0 Å². The van der Waals surface area contributed by atoms with Crippen LogP contribution in [0.5, 0.6) is 0 Å². The van der Waals surface area contributed by atoms with E-state index in [0.29, 0.717) is 17.2 Å². The Hall–Kier alpha value is -1.88. The number of esters is 1. The topological polar surface area (TPSA) is 57.0 Å². The lowest BCUT2D eigenvalue weighted by atomic mass is 10.2. The van der Waals surface area contributed by atoms with Crippen LogP contribution in [0, 0.1) is 0 Å². The van der Waals surface area contributed by atoms with E-state index in [1.165, 1.54) is 12.7 Å². The number of hydrogen-bond donors (Lipinski definition) is 0. The van der Waals surface area contributed by atoms with Crippen molar-refractivity contribution in [1.82, 2.24) is 14.8 Å². The van der Waals surface area contributed by atoms with Crippen molar-refractivity contribution in [1.29, 1.82) is 0 Å². The largest absolute Gasteiger partial charge is 0.462 e. The minimum atomic E-state index is -0.438. The molecular formula is C11H10ClN3O2. The molecule has 0 aliphatic carbocycles. The monoisotopic (exact) mass is 251 g/mol. The molecule has 0 aliphatic heterocycles. The van der Waals surface area contributed by atoms with Gasteiger partial charge in [0.05, 0.1) is 17.2 Å². The molecule has 0 bridgehead atoms. The van der Waals surface area contributed by atoms with Gasteiger partial charge in [0, 0.05) is 5.69 Å². The van der Waals surface area contributed by atoms with Crippen molar-refractivity contribution < 1.29 is 9.53 Å². The molecule has 2 rings (SSSR count). The Morgan fingerprint density at radius 2 is 2.12 bits per heavy atom. The molecule has 2 aromatic rings. The van der Waals surface area contributed by atoms with E-state index in [4.69, 9.17) is 16.3 Å². The van der Waals surface area contributed by atoms with Crippen LogP contribution in [0.2, 0.25) is 5.02 Å². The Morgan fingerprint density at radius 1 is 1.41 bits per heavy atom. The van der Waals surface area contributed by atoms with Gasteiger partial charge in [-0.15, -0.1) is 10.2 Å². The van der Waals surface area contributed by atoms with Crippen LogP contribution in [0.15, 0.2) is 30.9 Å². The molecule has 1 heterocycles. The van der Waals surface area contributed by atoms with Crippen molar-refractivity contribution in [3.8, 4) is 5.69 Å². The summed E-state index contributed by atoms with van der Waals surface area (Å²) >= 11 is 5.95. The minimum absolute atomic E-state index is 0.312. The molecule has 0 saturated heterocycles. The smallest absolute Gasteiger partial charge is 0.339 e. The first-order valence-electron chi connectivity index (χ1n) is 5.04. The third-order valence-corrected chi connectivity index (χ3v) is 2.49. The lowest BCUT2D eigenvalue weighted by Crippen LogP contribution is -2.06. The fraction of sp³-hybridized carbons (Fsp3) is 0.182. The maximum absolute atomic E-state index is 11.6. The van der Waals surface area contributed by atoms with Crippen LogP contribution in [0.1, 0.15) is 17.3 Å². The predicted molar refractivity (Wildman–Crippen MR) is 62.3 cm³/mol. The molecule has 0 N–H and O–H groups in total. The highest BCUT2D eigenvalue weighted by Gasteiger charge is 2.12. The molecule has 0 atom stereocenters. The lowest BCUT2D eigenvalue weighted by molar-refractivity contribution is 0.0526. The third kappa shape index (κ3) is 2.45. The number of aromatic nitrogens is 3. The first-order valence-corrected chi connectivity index (χ1v) is 5.42. The van der Waals surface area contributed by atoms with E-state index in [2.05, 4.69) is 10.2 Å². The highest BCUT2D eigenvalue weighted by molar-refractivity contribution is 6.33. The molecule has 5 nitrogen and oxygen atoms in total. The number of halogens is 1. The van der Waals surface area contributed by atoms with Gasteiger partial charge in [0.25, 0.3) is 0 Å². The van der Waals surface area contributed by atoms with E-state index >= 15 is 0 Å². The molecule has 1 aromatic heterocycles. The number of hydrogen-bond acceptors (Lipinski definition) is 4. The van der Waals surface area contributed by atoms with Gasteiger partial charge < -0.3 is 4.74 Å². The van der Waals surface area contributed by atoms with E-state index in [1.807, 2.05) is 0 Å². The average molecular weight is 252 g/mol. The van der Waals surface area contributed by atoms with Gasteiger partial charge in [-0.2, -0.15) is 0 Å². The SMILES string of the molecule is CCOC(=O)c1cc(-n2cnnc2)ccc1Cl. The standard InChI is InChI=1S/C11H10ClN3O2/c1-2-17-11(16)9-5-8(3-4-10(9)12)15-6-13-14-7-15/h3-7H,2H2,1H3. The quantitative estimate of drug-likeness (QED) is 0.784. The molecular weight excluding hydrogens is 242 g/mol. The maximum Gasteiger partial charge on any atom is 0.339 e. The fourth-order valence-electron chi connectivity index (χ4n) is 1.37. The maximum atomic E-state index is 11.6. The first kappa shape index (κ1) is 11.6. The van der Waals surface area contributed by atoms with Gasteiger partial charge in [-0.05, 0) is 25.1 Å². The summed E-state index contributed by atoms with van der Waals surface area (Å²) < 4.78 is 6.60. The van der Waals surface area contributed by atoms with Crippen molar-refractivity contribution in [2.75, 3.05) is 6.61 Å². The molecule has 0 radical (unpaired) electrons.